The molecule has 2 heterocycles. The van der Waals surface area contributed by atoms with Crippen molar-refractivity contribution in [3.63, 3.8) is 0 Å². The number of thiazole rings is 1. The van der Waals surface area contributed by atoms with Crippen molar-refractivity contribution in [3.8, 4) is 11.5 Å². The van der Waals surface area contributed by atoms with Crippen LogP contribution in [0.2, 0.25) is 5.02 Å². The summed E-state index contributed by atoms with van der Waals surface area (Å²) in [5.74, 6) is 0.384. The van der Waals surface area contributed by atoms with Gasteiger partial charge in [0.1, 0.15) is 6.26 Å². The average Bonchev–Trinajstić information content (AvgIpc) is 3.17. The maximum absolute atomic E-state index is 12.4. The molecular weight excluding hydrogens is 380 g/mol. The number of aromatic nitrogens is 2. The summed E-state index contributed by atoms with van der Waals surface area (Å²) in [6.07, 6.45) is 1.38. The summed E-state index contributed by atoms with van der Waals surface area (Å²) in [5, 5.41) is 3.35. The minimum absolute atomic E-state index is 0.0979. The van der Waals surface area contributed by atoms with Crippen molar-refractivity contribution in [2.45, 2.75) is 31.3 Å². The molecule has 0 saturated carbocycles. The third-order valence-electron chi connectivity index (χ3n) is 3.44. The molecule has 0 saturated heterocycles. The summed E-state index contributed by atoms with van der Waals surface area (Å²) in [7, 11) is -3.38. The maximum atomic E-state index is 12.4. The molecule has 3 aromatic rings. The van der Waals surface area contributed by atoms with E-state index in [2.05, 4.69) is 9.97 Å². The Labute approximate surface area is 155 Å². The summed E-state index contributed by atoms with van der Waals surface area (Å²) in [6, 6.07) is 7.00. The Morgan fingerprint density at radius 1 is 1.12 bits per heavy atom. The van der Waals surface area contributed by atoms with Crippen molar-refractivity contribution in [1.82, 2.24) is 9.97 Å². The fourth-order valence-corrected chi connectivity index (χ4v) is 4.60. The molecule has 0 radical (unpaired) electrons. The molecule has 1 aromatic carbocycles. The Kier molecular flexibility index (Phi) is 5.27. The molecule has 0 aliphatic carbocycles. The highest BCUT2D eigenvalue weighted by molar-refractivity contribution is 7.89. The first-order valence-corrected chi connectivity index (χ1v) is 10.8. The highest BCUT2D eigenvalue weighted by Gasteiger charge is 2.19. The van der Waals surface area contributed by atoms with Gasteiger partial charge >= 0.3 is 0 Å². The summed E-state index contributed by atoms with van der Waals surface area (Å²) in [5.41, 5.74) is 1.70. The molecule has 0 N–H and O–H groups in total. The van der Waals surface area contributed by atoms with Crippen molar-refractivity contribution in [1.29, 1.82) is 0 Å². The van der Waals surface area contributed by atoms with Gasteiger partial charge in [0.15, 0.2) is 9.84 Å². The SMILES string of the molecule is CC(C)c1nc(CS(=O)(=O)Cc2coc(-c3ccc(Cl)cc3)n2)cs1. The van der Waals surface area contributed by atoms with Crippen molar-refractivity contribution in [3.05, 3.63) is 57.3 Å². The van der Waals surface area contributed by atoms with Crippen LogP contribution in [-0.4, -0.2) is 18.4 Å². The van der Waals surface area contributed by atoms with E-state index in [9.17, 15) is 8.42 Å². The van der Waals surface area contributed by atoms with Gasteiger partial charge in [-0.15, -0.1) is 11.3 Å². The molecule has 0 amide bonds. The van der Waals surface area contributed by atoms with E-state index in [1.54, 1.807) is 29.6 Å². The number of oxazole rings is 1. The lowest BCUT2D eigenvalue weighted by molar-refractivity contribution is 0.571. The molecule has 0 bridgehead atoms. The van der Waals surface area contributed by atoms with Gasteiger partial charge < -0.3 is 4.42 Å². The molecule has 2 aromatic heterocycles. The molecule has 0 unspecified atom stereocenters. The van der Waals surface area contributed by atoms with E-state index in [0.717, 1.165) is 10.6 Å². The Morgan fingerprint density at radius 3 is 2.44 bits per heavy atom. The number of nitrogens with zero attached hydrogens (tertiary/aromatic N) is 2. The highest BCUT2D eigenvalue weighted by atomic mass is 35.5. The van der Waals surface area contributed by atoms with Crippen LogP contribution >= 0.6 is 22.9 Å². The number of benzene rings is 1. The van der Waals surface area contributed by atoms with Gasteiger partial charge in [-0.1, -0.05) is 25.4 Å². The van der Waals surface area contributed by atoms with Gasteiger partial charge in [0, 0.05) is 21.9 Å². The van der Waals surface area contributed by atoms with Gasteiger partial charge in [-0.05, 0) is 24.3 Å². The summed E-state index contributed by atoms with van der Waals surface area (Å²) in [6.45, 7) is 4.07. The van der Waals surface area contributed by atoms with E-state index < -0.39 is 9.84 Å². The van der Waals surface area contributed by atoms with Crippen LogP contribution in [0.15, 0.2) is 40.3 Å². The highest BCUT2D eigenvalue weighted by Crippen LogP contribution is 2.23. The second-order valence-electron chi connectivity index (χ2n) is 6.01. The molecule has 25 heavy (non-hydrogen) atoms. The third-order valence-corrected chi connectivity index (χ3v) is 6.36. The first-order valence-electron chi connectivity index (χ1n) is 7.67. The van der Waals surface area contributed by atoms with Gasteiger partial charge in [0.05, 0.1) is 27.9 Å². The van der Waals surface area contributed by atoms with Crippen molar-refractivity contribution >= 4 is 32.8 Å². The molecule has 0 spiro atoms. The molecule has 0 atom stereocenters. The van der Waals surface area contributed by atoms with E-state index in [1.807, 2.05) is 13.8 Å². The summed E-state index contributed by atoms with van der Waals surface area (Å²) >= 11 is 7.34. The van der Waals surface area contributed by atoms with Crippen LogP contribution in [-0.2, 0) is 21.3 Å². The summed E-state index contributed by atoms with van der Waals surface area (Å²) in [4.78, 5) is 8.64. The van der Waals surface area contributed by atoms with Gasteiger partial charge in [0.2, 0.25) is 5.89 Å². The summed E-state index contributed by atoms with van der Waals surface area (Å²) < 4.78 is 30.2. The van der Waals surface area contributed by atoms with E-state index in [1.165, 1.54) is 17.6 Å². The lowest BCUT2D eigenvalue weighted by Crippen LogP contribution is -2.08. The molecule has 3 rings (SSSR count). The zero-order chi connectivity index (χ0) is 18.0. The van der Waals surface area contributed by atoms with Gasteiger partial charge in [-0.25, -0.2) is 18.4 Å². The maximum Gasteiger partial charge on any atom is 0.226 e. The van der Waals surface area contributed by atoms with E-state index >= 15 is 0 Å². The predicted octanol–water partition coefficient (Wildman–Crippen LogP) is 4.69. The Balaban J connectivity index is 1.71. The van der Waals surface area contributed by atoms with Crippen LogP contribution in [0.25, 0.3) is 11.5 Å². The average molecular weight is 397 g/mol. The predicted molar refractivity (Wildman–Crippen MR) is 99.5 cm³/mol. The third kappa shape index (κ3) is 4.68. The van der Waals surface area contributed by atoms with Crippen molar-refractivity contribution < 1.29 is 12.8 Å². The van der Waals surface area contributed by atoms with Crippen LogP contribution in [0.4, 0.5) is 0 Å². The van der Waals surface area contributed by atoms with Crippen molar-refractivity contribution in [2.75, 3.05) is 0 Å². The normalized spacial score (nSPS) is 12.0. The largest absolute Gasteiger partial charge is 0.444 e. The Hall–Kier alpha value is -1.70. The molecule has 132 valence electrons. The number of sulfone groups is 1. The fraction of sp³-hybridized carbons (Fsp3) is 0.294. The second kappa shape index (κ2) is 7.27. The van der Waals surface area contributed by atoms with Gasteiger partial charge in [0.25, 0.3) is 0 Å². The minimum atomic E-state index is -3.38. The van der Waals surface area contributed by atoms with Gasteiger partial charge in [-0.3, -0.25) is 0 Å². The molecule has 0 aliphatic rings. The minimum Gasteiger partial charge on any atom is -0.444 e. The second-order valence-corrected chi connectivity index (χ2v) is 9.41. The van der Waals surface area contributed by atoms with Crippen LogP contribution in [0.1, 0.15) is 36.2 Å². The van der Waals surface area contributed by atoms with E-state index in [0.29, 0.717) is 28.2 Å². The molecular formula is C17H17ClN2O3S2. The number of rotatable bonds is 6. The van der Waals surface area contributed by atoms with E-state index in [-0.39, 0.29) is 11.5 Å². The first-order chi connectivity index (χ1) is 11.8. The number of halogens is 1. The zero-order valence-corrected chi connectivity index (χ0v) is 16.2. The van der Waals surface area contributed by atoms with Crippen LogP contribution < -0.4 is 0 Å². The van der Waals surface area contributed by atoms with Crippen LogP contribution in [0.3, 0.4) is 0 Å². The zero-order valence-electron chi connectivity index (χ0n) is 13.8. The van der Waals surface area contributed by atoms with Crippen LogP contribution in [0.5, 0.6) is 0 Å². The quantitative estimate of drug-likeness (QED) is 0.604. The number of hydrogen-bond donors (Lipinski definition) is 0. The smallest absolute Gasteiger partial charge is 0.226 e. The first kappa shape index (κ1) is 18.1. The molecule has 5 nitrogen and oxygen atoms in total. The monoisotopic (exact) mass is 396 g/mol. The van der Waals surface area contributed by atoms with E-state index in [4.69, 9.17) is 16.0 Å². The standard InChI is InChI=1S/C17H17ClN2O3S2/c1-11(2)17-20-15(8-24-17)10-25(21,22)9-14-7-23-16(19-14)12-3-5-13(18)6-4-12/h3-8,11H,9-10H2,1-2H3. The van der Waals surface area contributed by atoms with Gasteiger partial charge in [-0.2, -0.15) is 0 Å². The fourth-order valence-electron chi connectivity index (χ4n) is 2.25. The topological polar surface area (TPSA) is 73.1 Å². The lowest BCUT2D eigenvalue weighted by atomic mass is 10.2. The Morgan fingerprint density at radius 2 is 1.80 bits per heavy atom. The molecule has 0 aliphatic heterocycles. The molecule has 0 fully saturated rings. The Bertz CT molecular complexity index is 960. The van der Waals surface area contributed by atoms with Crippen molar-refractivity contribution in [2.24, 2.45) is 0 Å². The molecule has 8 heteroatoms. The lowest BCUT2D eigenvalue weighted by Gasteiger charge is -2.00. The van der Waals surface area contributed by atoms with Crippen LogP contribution in [0, 0.1) is 0 Å². The number of hydrogen-bond acceptors (Lipinski definition) is 6.